The predicted octanol–water partition coefficient (Wildman–Crippen LogP) is 11.2. The van der Waals surface area contributed by atoms with Crippen LogP contribution in [0.5, 0.6) is 0 Å². The monoisotopic (exact) mass is 552 g/mol. The molecular weight excluding hydrogens is 528 g/mol. The number of rotatable bonds is 4. The van der Waals surface area contributed by atoms with Gasteiger partial charge in [-0.3, -0.25) is 0 Å². The molecule has 0 aliphatic rings. The lowest BCUT2D eigenvalue weighted by atomic mass is 10.0. The standard InChI is InChI=1S/C39H24N2O2/c1-2-13-27(14-3-1)41(33-18-8-12-25-10-4-6-15-29(25)33)28-21-22-31-36(24-28)42-34-19-9-17-32(37(31)34)39-40-38-30-16-7-5-11-26(30)20-23-35(38)43-39/h1-24H. The van der Waals surface area contributed by atoms with E-state index in [-0.39, 0.29) is 0 Å². The maximum atomic E-state index is 6.51. The highest BCUT2D eigenvalue weighted by atomic mass is 16.3. The van der Waals surface area contributed by atoms with E-state index >= 15 is 0 Å². The molecule has 0 radical (unpaired) electrons. The van der Waals surface area contributed by atoms with Crippen molar-refractivity contribution in [1.29, 1.82) is 0 Å². The number of benzene rings is 7. The number of hydrogen-bond donors (Lipinski definition) is 0. The lowest BCUT2D eigenvalue weighted by Gasteiger charge is -2.26. The minimum absolute atomic E-state index is 0.588. The molecule has 0 atom stereocenters. The minimum Gasteiger partial charge on any atom is -0.456 e. The van der Waals surface area contributed by atoms with E-state index < -0.39 is 0 Å². The second kappa shape index (κ2) is 9.33. The van der Waals surface area contributed by atoms with Gasteiger partial charge in [0.15, 0.2) is 5.58 Å². The van der Waals surface area contributed by atoms with Crippen LogP contribution in [-0.2, 0) is 0 Å². The fourth-order valence-electron chi connectivity index (χ4n) is 6.32. The maximum Gasteiger partial charge on any atom is 0.228 e. The molecule has 0 N–H and O–H groups in total. The molecule has 2 heterocycles. The molecule has 0 saturated heterocycles. The third kappa shape index (κ3) is 3.74. The lowest BCUT2D eigenvalue weighted by Crippen LogP contribution is -2.10. The first kappa shape index (κ1) is 23.8. The molecule has 0 unspecified atom stereocenters. The van der Waals surface area contributed by atoms with E-state index in [1.807, 2.05) is 36.4 Å². The summed E-state index contributed by atoms with van der Waals surface area (Å²) in [6, 6.07) is 50.3. The number of hydrogen-bond acceptors (Lipinski definition) is 4. The van der Waals surface area contributed by atoms with Gasteiger partial charge in [0, 0.05) is 44.5 Å². The van der Waals surface area contributed by atoms with Crippen molar-refractivity contribution < 1.29 is 8.83 Å². The number of nitrogens with zero attached hydrogens (tertiary/aromatic N) is 2. The van der Waals surface area contributed by atoms with Crippen molar-refractivity contribution in [2.45, 2.75) is 0 Å². The van der Waals surface area contributed by atoms with Gasteiger partial charge in [-0.05, 0) is 59.3 Å². The van der Waals surface area contributed by atoms with Gasteiger partial charge in [0.2, 0.25) is 5.89 Å². The second-order valence-electron chi connectivity index (χ2n) is 10.8. The maximum absolute atomic E-state index is 6.51. The molecule has 0 aliphatic heterocycles. The lowest BCUT2D eigenvalue weighted by molar-refractivity contribution is 0.620. The van der Waals surface area contributed by atoms with E-state index in [1.165, 1.54) is 10.8 Å². The molecule has 0 fully saturated rings. The summed E-state index contributed by atoms with van der Waals surface area (Å²) in [5.41, 5.74) is 7.37. The molecule has 0 amide bonds. The number of para-hydroxylation sites is 1. The van der Waals surface area contributed by atoms with Crippen LogP contribution in [0.4, 0.5) is 17.1 Å². The Morgan fingerprint density at radius 2 is 1.21 bits per heavy atom. The Labute approximate surface area is 247 Å². The van der Waals surface area contributed by atoms with Crippen LogP contribution in [-0.4, -0.2) is 4.98 Å². The number of anilines is 3. The van der Waals surface area contributed by atoms with E-state index in [2.05, 4.69) is 114 Å². The average molecular weight is 553 g/mol. The van der Waals surface area contributed by atoms with Crippen molar-refractivity contribution >= 4 is 71.6 Å². The first-order valence-electron chi connectivity index (χ1n) is 14.4. The molecule has 9 aromatic rings. The van der Waals surface area contributed by atoms with E-state index in [9.17, 15) is 0 Å². The minimum atomic E-state index is 0.588. The Morgan fingerprint density at radius 1 is 0.465 bits per heavy atom. The average Bonchev–Trinajstić information content (AvgIpc) is 3.67. The zero-order valence-corrected chi connectivity index (χ0v) is 23.1. The zero-order chi connectivity index (χ0) is 28.3. The Kier molecular flexibility index (Phi) is 5.16. The summed E-state index contributed by atoms with van der Waals surface area (Å²) in [5, 5.41) is 6.62. The molecule has 43 heavy (non-hydrogen) atoms. The Bertz CT molecular complexity index is 2470. The summed E-state index contributed by atoms with van der Waals surface area (Å²) in [6.07, 6.45) is 0. The molecule has 0 aliphatic carbocycles. The van der Waals surface area contributed by atoms with E-state index in [0.29, 0.717) is 5.89 Å². The summed E-state index contributed by atoms with van der Waals surface area (Å²) in [7, 11) is 0. The van der Waals surface area contributed by atoms with Gasteiger partial charge in [-0.15, -0.1) is 0 Å². The molecule has 202 valence electrons. The highest BCUT2D eigenvalue weighted by molar-refractivity contribution is 6.13. The Balaban J connectivity index is 1.24. The third-order valence-electron chi connectivity index (χ3n) is 8.27. The summed E-state index contributed by atoms with van der Waals surface area (Å²) in [6.45, 7) is 0. The summed E-state index contributed by atoms with van der Waals surface area (Å²) in [5.74, 6) is 0.588. The quantitative estimate of drug-likeness (QED) is 0.218. The highest BCUT2D eigenvalue weighted by Gasteiger charge is 2.20. The van der Waals surface area contributed by atoms with Crippen LogP contribution in [0.1, 0.15) is 0 Å². The molecule has 4 heteroatoms. The van der Waals surface area contributed by atoms with Crippen LogP contribution in [0.3, 0.4) is 0 Å². The number of fused-ring (bicyclic) bond motifs is 7. The van der Waals surface area contributed by atoms with Gasteiger partial charge >= 0.3 is 0 Å². The van der Waals surface area contributed by atoms with Crippen LogP contribution < -0.4 is 4.90 Å². The molecule has 0 bridgehead atoms. The molecule has 0 spiro atoms. The largest absolute Gasteiger partial charge is 0.456 e. The van der Waals surface area contributed by atoms with Gasteiger partial charge in [0.25, 0.3) is 0 Å². The SMILES string of the molecule is c1ccc(N(c2ccc3c(c2)oc2cccc(-c4nc5c(ccc6ccccc65)o4)c23)c2cccc3ccccc23)cc1. The van der Waals surface area contributed by atoms with Gasteiger partial charge in [0.05, 0.1) is 5.69 Å². The van der Waals surface area contributed by atoms with Gasteiger partial charge in [-0.1, -0.05) is 91.0 Å². The Morgan fingerprint density at radius 3 is 2.09 bits per heavy atom. The van der Waals surface area contributed by atoms with Gasteiger partial charge in [-0.25, -0.2) is 4.98 Å². The Hall–Kier alpha value is -5.87. The first-order valence-corrected chi connectivity index (χ1v) is 14.4. The van der Waals surface area contributed by atoms with Crippen LogP contribution >= 0.6 is 0 Å². The predicted molar refractivity (Wildman–Crippen MR) is 176 cm³/mol. The number of furan rings is 1. The van der Waals surface area contributed by atoms with Crippen LogP contribution in [0.2, 0.25) is 0 Å². The van der Waals surface area contributed by atoms with E-state index in [1.54, 1.807) is 0 Å². The van der Waals surface area contributed by atoms with Crippen molar-refractivity contribution in [2.24, 2.45) is 0 Å². The molecular formula is C39H24N2O2. The van der Waals surface area contributed by atoms with Crippen LogP contribution in [0.25, 0.3) is 66.0 Å². The number of oxazole rings is 1. The normalized spacial score (nSPS) is 11.7. The number of aromatic nitrogens is 1. The van der Waals surface area contributed by atoms with Gasteiger partial charge in [-0.2, -0.15) is 0 Å². The molecule has 2 aromatic heterocycles. The summed E-state index contributed by atoms with van der Waals surface area (Å²) < 4.78 is 12.9. The third-order valence-corrected chi connectivity index (χ3v) is 8.27. The van der Waals surface area contributed by atoms with Crippen molar-refractivity contribution in [2.75, 3.05) is 4.90 Å². The van der Waals surface area contributed by atoms with Gasteiger partial charge < -0.3 is 13.7 Å². The fourth-order valence-corrected chi connectivity index (χ4v) is 6.32. The first-order chi connectivity index (χ1) is 21.3. The highest BCUT2D eigenvalue weighted by Crippen LogP contribution is 2.43. The van der Waals surface area contributed by atoms with Crippen LogP contribution in [0, 0.1) is 0 Å². The second-order valence-corrected chi connectivity index (χ2v) is 10.8. The van der Waals surface area contributed by atoms with Crippen molar-refractivity contribution in [3.63, 3.8) is 0 Å². The van der Waals surface area contributed by atoms with Gasteiger partial charge in [0.1, 0.15) is 16.7 Å². The summed E-state index contributed by atoms with van der Waals surface area (Å²) >= 11 is 0. The van der Waals surface area contributed by atoms with E-state index in [0.717, 1.165) is 66.4 Å². The molecule has 9 rings (SSSR count). The smallest absolute Gasteiger partial charge is 0.228 e. The molecule has 7 aromatic carbocycles. The topological polar surface area (TPSA) is 42.4 Å². The molecule has 0 saturated carbocycles. The van der Waals surface area contributed by atoms with Crippen LogP contribution in [0.15, 0.2) is 154 Å². The zero-order valence-electron chi connectivity index (χ0n) is 23.1. The summed E-state index contributed by atoms with van der Waals surface area (Å²) in [4.78, 5) is 7.28. The fraction of sp³-hybridized carbons (Fsp3) is 0. The van der Waals surface area contributed by atoms with Crippen molar-refractivity contribution in [3.8, 4) is 11.5 Å². The van der Waals surface area contributed by atoms with Crippen molar-refractivity contribution in [1.82, 2.24) is 4.98 Å². The van der Waals surface area contributed by atoms with E-state index in [4.69, 9.17) is 13.8 Å². The molecule has 4 nitrogen and oxygen atoms in total. The van der Waals surface area contributed by atoms with Crippen molar-refractivity contribution in [3.05, 3.63) is 146 Å².